The van der Waals surface area contributed by atoms with Crippen molar-refractivity contribution in [2.75, 3.05) is 12.8 Å². The molecule has 0 bridgehead atoms. The third kappa shape index (κ3) is 2.59. The maximum Gasteiger partial charge on any atom is 0.259 e. The zero-order valence-corrected chi connectivity index (χ0v) is 11.4. The summed E-state index contributed by atoms with van der Waals surface area (Å²) in [5.74, 6) is 0.274. The molecular weight excluding hydrogens is 240 g/mol. The van der Waals surface area contributed by atoms with Crippen LogP contribution in [0.15, 0.2) is 30.5 Å². The van der Waals surface area contributed by atoms with Gasteiger partial charge in [-0.3, -0.25) is 9.48 Å². The van der Waals surface area contributed by atoms with Crippen molar-refractivity contribution in [3.05, 3.63) is 47.2 Å². The van der Waals surface area contributed by atoms with Crippen LogP contribution in [0.3, 0.4) is 0 Å². The molecule has 0 aliphatic rings. The van der Waals surface area contributed by atoms with Crippen molar-refractivity contribution in [1.29, 1.82) is 0 Å². The van der Waals surface area contributed by atoms with Gasteiger partial charge >= 0.3 is 0 Å². The smallest absolute Gasteiger partial charge is 0.259 e. The first-order valence-corrected chi connectivity index (χ1v) is 6.08. The number of aryl methyl sites for hydroxylation is 2. The van der Waals surface area contributed by atoms with E-state index in [1.807, 2.05) is 31.2 Å². The molecule has 0 aliphatic carbocycles. The molecule has 2 N–H and O–H groups in total. The highest BCUT2D eigenvalue weighted by molar-refractivity contribution is 5.98. The number of hydrogen-bond acceptors (Lipinski definition) is 3. The Bertz CT molecular complexity index is 603. The fourth-order valence-electron chi connectivity index (χ4n) is 1.93. The normalized spacial score (nSPS) is 10.5. The van der Waals surface area contributed by atoms with Crippen molar-refractivity contribution >= 4 is 11.7 Å². The number of hydrogen-bond donors (Lipinski definition) is 1. The molecule has 1 heterocycles. The molecule has 0 radical (unpaired) electrons. The Morgan fingerprint density at radius 2 is 2.11 bits per heavy atom. The lowest BCUT2D eigenvalue weighted by molar-refractivity contribution is 0.0786. The minimum atomic E-state index is -0.117. The lowest BCUT2D eigenvalue weighted by atomic mass is 10.1. The van der Waals surface area contributed by atoms with Crippen molar-refractivity contribution in [3.63, 3.8) is 0 Å². The molecule has 2 rings (SSSR count). The van der Waals surface area contributed by atoms with E-state index < -0.39 is 0 Å². The minimum absolute atomic E-state index is 0.117. The molecule has 0 saturated carbocycles. The number of anilines is 1. The average molecular weight is 258 g/mol. The molecule has 5 nitrogen and oxygen atoms in total. The number of carbonyl (C=O) groups excluding carboxylic acids is 1. The van der Waals surface area contributed by atoms with E-state index in [2.05, 4.69) is 5.10 Å². The molecule has 2 aromatic rings. The molecule has 0 fully saturated rings. The molecular formula is C14H18N4O. The van der Waals surface area contributed by atoms with E-state index in [4.69, 9.17) is 5.73 Å². The maximum absolute atomic E-state index is 12.3. The molecule has 100 valence electrons. The molecule has 1 aromatic carbocycles. The Balaban J connectivity index is 2.17. The van der Waals surface area contributed by atoms with Crippen LogP contribution >= 0.6 is 0 Å². The van der Waals surface area contributed by atoms with Crippen LogP contribution in [0.2, 0.25) is 0 Å². The first kappa shape index (κ1) is 13.1. The first-order chi connectivity index (χ1) is 9.00. The molecule has 5 heteroatoms. The zero-order chi connectivity index (χ0) is 14.0. The summed E-state index contributed by atoms with van der Waals surface area (Å²) in [5.41, 5.74) is 8.55. The van der Waals surface area contributed by atoms with E-state index in [9.17, 15) is 4.79 Å². The van der Waals surface area contributed by atoms with Crippen LogP contribution in [0.5, 0.6) is 0 Å². The number of rotatable bonds is 3. The predicted octanol–water partition coefficient (Wildman–Crippen LogP) is 1.58. The number of nitrogens with zero attached hydrogens (tertiary/aromatic N) is 3. The van der Waals surface area contributed by atoms with Crippen molar-refractivity contribution < 1.29 is 4.79 Å². The second kappa shape index (κ2) is 5.14. The summed E-state index contributed by atoms with van der Waals surface area (Å²) in [6.45, 7) is 2.59. The quantitative estimate of drug-likeness (QED) is 0.909. The standard InChI is InChI=1S/C14H18N4O/c1-10-6-4-5-7-11(10)9-17(2)14(19)12-8-16-18(3)13(12)15/h4-8H,9,15H2,1-3H3. The SMILES string of the molecule is Cc1ccccc1CN(C)C(=O)c1cnn(C)c1N. The molecule has 0 spiro atoms. The highest BCUT2D eigenvalue weighted by atomic mass is 16.2. The van der Waals surface area contributed by atoms with Gasteiger partial charge in [0.25, 0.3) is 5.91 Å². The zero-order valence-electron chi connectivity index (χ0n) is 11.4. The topological polar surface area (TPSA) is 64.2 Å². The van der Waals surface area contributed by atoms with E-state index >= 15 is 0 Å². The minimum Gasteiger partial charge on any atom is -0.383 e. The predicted molar refractivity (Wildman–Crippen MR) is 74.6 cm³/mol. The van der Waals surface area contributed by atoms with Crippen molar-refractivity contribution in [1.82, 2.24) is 14.7 Å². The summed E-state index contributed by atoms with van der Waals surface area (Å²) >= 11 is 0. The van der Waals surface area contributed by atoms with E-state index in [-0.39, 0.29) is 5.91 Å². The molecule has 0 atom stereocenters. The number of nitrogen functional groups attached to an aromatic ring is 1. The number of amides is 1. The second-order valence-corrected chi connectivity index (χ2v) is 4.65. The van der Waals surface area contributed by atoms with Gasteiger partial charge in [0.2, 0.25) is 0 Å². The second-order valence-electron chi connectivity index (χ2n) is 4.65. The number of aromatic nitrogens is 2. The summed E-state index contributed by atoms with van der Waals surface area (Å²) in [6, 6.07) is 8.01. The Morgan fingerprint density at radius 1 is 1.42 bits per heavy atom. The van der Waals surface area contributed by atoms with Crippen molar-refractivity contribution in [3.8, 4) is 0 Å². The van der Waals surface area contributed by atoms with Crippen LogP contribution in [0, 0.1) is 6.92 Å². The first-order valence-electron chi connectivity index (χ1n) is 6.08. The Morgan fingerprint density at radius 3 is 2.68 bits per heavy atom. The Kier molecular flexibility index (Phi) is 3.55. The van der Waals surface area contributed by atoms with E-state index in [0.29, 0.717) is 17.9 Å². The highest BCUT2D eigenvalue weighted by Gasteiger charge is 2.18. The largest absolute Gasteiger partial charge is 0.383 e. The Labute approximate surface area is 112 Å². The third-order valence-electron chi connectivity index (χ3n) is 3.23. The molecule has 1 amide bonds. The van der Waals surface area contributed by atoms with Gasteiger partial charge in [0.05, 0.1) is 6.20 Å². The lowest BCUT2D eigenvalue weighted by Gasteiger charge is -2.18. The molecule has 0 saturated heterocycles. The van der Waals surface area contributed by atoms with Gasteiger partial charge in [0.15, 0.2) is 0 Å². The number of benzene rings is 1. The summed E-state index contributed by atoms with van der Waals surface area (Å²) in [5, 5.41) is 3.99. The van der Waals surface area contributed by atoms with Crippen LogP contribution in [0.1, 0.15) is 21.5 Å². The average Bonchev–Trinajstić information content (AvgIpc) is 2.72. The van der Waals surface area contributed by atoms with E-state index in [0.717, 1.165) is 5.56 Å². The summed E-state index contributed by atoms with van der Waals surface area (Å²) in [4.78, 5) is 13.9. The summed E-state index contributed by atoms with van der Waals surface area (Å²) < 4.78 is 1.49. The molecule has 0 unspecified atom stereocenters. The monoisotopic (exact) mass is 258 g/mol. The van der Waals surface area contributed by atoms with E-state index in [1.165, 1.54) is 16.4 Å². The fraction of sp³-hybridized carbons (Fsp3) is 0.286. The van der Waals surface area contributed by atoms with E-state index in [1.54, 1.807) is 19.0 Å². The van der Waals surface area contributed by atoms with Gasteiger partial charge in [0, 0.05) is 20.6 Å². The van der Waals surface area contributed by atoms with Crippen LogP contribution in [0.4, 0.5) is 5.82 Å². The lowest BCUT2D eigenvalue weighted by Crippen LogP contribution is -2.27. The van der Waals surface area contributed by atoms with Gasteiger partial charge in [-0.1, -0.05) is 24.3 Å². The van der Waals surface area contributed by atoms with Crippen LogP contribution < -0.4 is 5.73 Å². The third-order valence-corrected chi connectivity index (χ3v) is 3.23. The van der Waals surface area contributed by atoms with Gasteiger partial charge in [0.1, 0.15) is 11.4 Å². The van der Waals surface area contributed by atoms with Gasteiger partial charge in [-0.2, -0.15) is 5.10 Å². The van der Waals surface area contributed by atoms with Gasteiger partial charge < -0.3 is 10.6 Å². The van der Waals surface area contributed by atoms with Gasteiger partial charge in [-0.25, -0.2) is 0 Å². The summed E-state index contributed by atoms with van der Waals surface area (Å²) in [7, 11) is 3.48. The van der Waals surface area contributed by atoms with Gasteiger partial charge in [-0.15, -0.1) is 0 Å². The van der Waals surface area contributed by atoms with Crippen LogP contribution in [0.25, 0.3) is 0 Å². The molecule has 0 aliphatic heterocycles. The Hall–Kier alpha value is -2.30. The van der Waals surface area contributed by atoms with Gasteiger partial charge in [-0.05, 0) is 18.1 Å². The highest BCUT2D eigenvalue weighted by Crippen LogP contribution is 2.15. The molecule has 1 aromatic heterocycles. The summed E-state index contributed by atoms with van der Waals surface area (Å²) in [6.07, 6.45) is 1.51. The van der Waals surface area contributed by atoms with Crippen LogP contribution in [-0.4, -0.2) is 27.6 Å². The number of nitrogens with two attached hydrogens (primary N) is 1. The molecule has 19 heavy (non-hydrogen) atoms. The fourth-order valence-corrected chi connectivity index (χ4v) is 1.93. The van der Waals surface area contributed by atoms with Crippen molar-refractivity contribution in [2.45, 2.75) is 13.5 Å². The number of carbonyl (C=O) groups is 1. The maximum atomic E-state index is 12.3. The van der Waals surface area contributed by atoms with Crippen molar-refractivity contribution in [2.24, 2.45) is 7.05 Å². The van der Waals surface area contributed by atoms with Crippen LogP contribution in [-0.2, 0) is 13.6 Å².